The molecule has 0 bridgehead atoms. The van der Waals surface area contributed by atoms with Gasteiger partial charge in [-0.1, -0.05) is 28.8 Å². The predicted octanol–water partition coefficient (Wildman–Crippen LogP) is 4.43. The zero-order chi connectivity index (χ0) is 10.8. The fourth-order valence-corrected chi connectivity index (χ4v) is 2.58. The molecule has 0 atom stereocenters. The van der Waals surface area contributed by atoms with E-state index in [2.05, 4.69) is 38.5 Å². The van der Waals surface area contributed by atoms with Crippen LogP contribution >= 0.6 is 38.5 Å². The van der Waals surface area contributed by atoms with Gasteiger partial charge in [0.05, 0.1) is 0 Å². The molecule has 80 valence electrons. The molecule has 0 saturated heterocycles. The van der Waals surface area contributed by atoms with Crippen LogP contribution in [0.5, 0.6) is 0 Å². The number of halogens is 2. The minimum Gasteiger partial charge on any atom is -0.294 e. The summed E-state index contributed by atoms with van der Waals surface area (Å²) < 4.78 is 2.04. The molecule has 0 radical (unpaired) electrons. The Labute approximate surface area is 112 Å². The van der Waals surface area contributed by atoms with Gasteiger partial charge in [0.1, 0.15) is 0 Å². The third-order valence-electron chi connectivity index (χ3n) is 2.71. The first-order valence-electron chi connectivity index (χ1n) is 5.15. The summed E-state index contributed by atoms with van der Waals surface area (Å²) in [7, 11) is 0. The number of benzene rings is 1. The van der Waals surface area contributed by atoms with E-state index in [4.69, 9.17) is 0 Å². The largest absolute Gasteiger partial charge is 0.294 e. The fraction of sp³-hybridized carbons (Fsp3) is 0.417. The molecule has 1 aliphatic carbocycles. The van der Waals surface area contributed by atoms with Gasteiger partial charge in [-0.3, -0.25) is 4.79 Å². The van der Waals surface area contributed by atoms with Gasteiger partial charge >= 0.3 is 0 Å². The third-order valence-corrected chi connectivity index (χ3v) is 4.14. The lowest BCUT2D eigenvalue weighted by Crippen LogP contribution is -2.02. The molecule has 0 unspecified atom stereocenters. The lowest BCUT2D eigenvalue weighted by Gasteiger charge is -2.04. The maximum absolute atomic E-state index is 11.9. The summed E-state index contributed by atoms with van der Waals surface area (Å²) in [5.41, 5.74) is 0.866. The molecule has 1 fully saturated rings. The van der Waals surface area contributed by atoms with Crippen molar-refractivity contribution in [2.45, 2.75) is 25.7 Å². The van der Waals surface area contributed by atoms with Crippen LogP contribution < -0.4 is 0 Å². The number of carbonyl (C=O) groups is 1. The number of carbonyl (C=O) groups excluding carboxylic acids is 1. The second kappa shape index (κ2) is 4.95. The summed E-state index contributed by atoms with van der Waals surface area (Å²) in [5, 5.41) is 0. The molecule has 1 aromatic carbocycles. The zero-order valence-corrected chi connectivity index (χ0v) is 12.0. The smallest absolute Gasteiger partial charge is 0.163 e. The molecule has 0 heterocycles. The van der Waals surface area contributed by atoms with Gasteiger partial charge in [0.15, 0.2) is 5.78 Å². The molecule has 1 aliphatic rings. The van der Waals surface area contributed by atoms with Crippen molar-refractivity contribution in [2.75, 3.05) is 0 Å². The Morgan fingerprint density at radius 2 is 2.20 bits per heavy atom. The molecule has 0 spiro atoms. The quantitative estimate of drug-likeness (QED) is 0.559. The highest BCUT2D eigenvalue weighted by atomic mass is 127. The number of hydrogen-bond acceptors (Lipinski definition) is 1. The lowest BCUT2D eigenvalue weighted by atomic mass is 10.1. The van der Waals surface area contributed by atoms with Crippen molar-refractivity contribution in [1.82, 2.24) is 0 Å². The van der Waals surface area contributed by atoms with E-state index in [1.807, 2.05) is 18.2 Å². The predicted molar refractivity (Wildman–Crippen MR) is 73.1 cm³/mol. The second-order valence-electron chi connectivity index (χ2n) is 4.03. The van der Waals surface area contributed by atoms with Crippen molar-refractivity contribution in [2.24, 2.45) is 5.92 Å². The van der Waals surface area contributed by atoms with Crippen molar-refractivity contribution in [3.8, 4) is 0 Å². The van der Waals surface area contributed by atoms with Crippen LogP contribution in [0.1, 0.15) is 36.0 Å². The topological polar surface area (TPSA) is 17.1 Å². The number of rotatable bonds is 4. The Morgan fingerprint density at radius 1 is 1.47 bits per heavy atom. The van der Waals surface area contributed by atoms with E-state index in [1.54, 1.807) is 0 Å². The number of ketones is 1. The molecule has 0 amide bonds. The maximum Gasteiger partial charge on any atom is 0.163 e. The SMILES string of the molecule is O=C(CCC1CC1)c1cc(Br)ccc1I. The molecule has 15 heavy (non-hydrogen) atoms. The highest BCUT2D eigenvalue weighted by Gasteiger charge is 2.22. The Kier molecular flexibility index (Phi) is 3.83. The third kappa shape index (κ3) is 3.28. The van der Waals surface area contributed by atoms with Crippen molar-refractivity contribution >= 4 is 44.3 Å². The van der Waals surface area contributed by atoms with Gasteiger partial charge < -0.3 is 0 Å². The average Bonchev–Trinajstić information content (AvgIpc) is 3.02. The normalized spacial score (nSPS) is 15.3. The molecule has 1 aromatic rings. The van der Waals surface area contributed by atoms with Crippen LogP contribution in [0.2, 0.25) is 0 Å². The van der Waals surface area contributed by atoms with Gasteiger partial charge in [-0.2, -0.15) is 0 Å². The first kappa shape index (κ1) is 11.6. The molecular weight excluding hydrogens is 367 g/mol. The van der Waals surface area contributed by atoms with Crippen LogP contribution in [0.15, 0.2) is 22.7 Å². The van der Waals surface area contributed by atoms with Gasteiger partial charge in [0.25, 0.3) is 0 Å². The summed E-state index contributed by atoms with van der Waals surface area (Å²) in [4.78, 5) is 11.9. The highest BCUT2D eigenvalue weighted by Crippen LogP contribution is 2.34. The van der Waals surface area contributed by atoms with Crippen LogP contribution in [0.3, 0.4) is 0 Å². The molecule has 1 saturated carbocycles. The van der Waals surface area contributed by atoms with E-state index in [-0.39, 0.29) is 5.78 Å². The monoisotopic (exact) mass is 378 g/mol. The van der Waals surface area contributed by atoms with Crippen LogP contribution in [-0.2, 0) is 0 Å². The van der Waals surface area contributed by atoms with Crippen LogP contribution in [0, 0.1) is 9.49 Å². The van der Waals surface area contributed by atoms with E-state index in [9.17, 15) is 4.79 Å². The van der Waals surface area contributed by atoms with Crippen molar-refractivity contribution < 1.29 is 4.79 Å². The summed E-state index contributed by atoms with van der Waals surface area (Å²) in [6, 6.07) is 5.88. The van der Waals surface area contributed by atoms with Crippen LogP contribution in [-0.4, -0.2) is 5.78 Å². The molecule has 3 heteroatoms. The van der Waals surface area contributed by atoms with Gasteiger partial charge in [-0.05, 0) is 53.1 Å². The molecule has 1 nitrogen and oxygen atoms in total. The van der Waals surface area contributed by atoms with Crippen LogP contribution in [0.4, 0.5) is 0 Å². The minimum atomic E-state index is 0.285. The fourth-order valence-electron chi connectivity index (χ4n) is 1.59. The maximum atomic E-state index is 11.9. The van der Waals surface area contributed by atoms with E-state index in [1.165, 1.54) is 12.8 Å². The second-order valence-corrected chi connectivity index (χ2v) is 6.11. The zero-order valence-electron chi connectivity index (χ0n) is 8.30. The van der Waals surface area contributed by atoms with E-state index in [0.717, 1.165) is 25.9 Å². The standard InChI is InChI=1S/C12H12BrIO/c13-9-4-5-11(14)10(7-9)12(15)6-3-8-1-2-8/h4-5,7-8H,1-3,6H2. The van der Waals surface area contributed by atoms with Crippen molar-refractivity contribution in [1.29, 1.82) is 0 Å². The van der Waals surface area contributed by atoms with Crippen LogP contribution in [0.25, 0.3) is 0 Å². The summed E-state index contributed by atoms with van der Waals surface area (Å²) >= 11 is 5.62. The van der Waals surface area contributed by atoms with Gasteiger partial charge in [-0.25, -0.2) is 0 Å². The number of hydrogen-bond donors (Lipinski definition) is 0. The molecule has 0 aliphatic heterocycles. The summed E-state index contributed by atoms with van der Waals surface area (Å²) in [6.45, 7) is 0. The molecule has 0 aromatic heterocycles. The molecular formula is C12H12BrIO. The molecule has 2 rings (SSSR count). The molecule has 0 N–H and O–H groups in total. The Hall–Kier alpha value is 0.1000. The number of Topliss-reactive ketones (excluding diaryl/α,β-unsaturated/α-hetero) is 1. The Bertz CT molecular complexity index is 385. The first-order chi connectivity index (χ1) is 7.16. The van der Waals surface area contributed by atoms with Gasteiger partial charge in [0, 0.05) is 20.0 Å². The van der Waals surface area contributed by atoms with E-state index < -0.39 is 0 Å². The van der Waals surface area contributed by atoms with Gasteiger partial charge in [0.2, 0.25) is 0 Å². The minimum absolute atomic E-state index is 0.285. The van der Waals surface area contributed by atoms with Gasteiger partial charge in [-0.15, -0.1) is 0 Å². The summed E-state index contributed by atoms with van der Waals surface area (Å²) in [5.74, 6) is 1.12. The highest BCUT2D eigenvalue weighted by molar-refractivity contribution is 14.1. The Morgan fingerprint density at radius 3 is 2.87 bits per heavy atom. The van der Waals surface area contributed by atoms with E-state index in [0.29, 0.717) is 6.42 Å². The van der Waals surface area contributed by atoms with Crippen molar-refractivity contribution in [3.05, 3.63) is 31.8 Å². The average molecular weight is 379 g/mol. The Balaban J connectivity index is 2.05. The van der Waals surface area contributed by atoms with E-state index >= 15 is 0 Å². The first-order valence-corrected chi connectivity index (χ1v) is 7.02. The van der Waals surface area contributed by atoms with Crippen molar-refractivity contribution in [3.63, 3.8) is 0 Å². The lowest BCUT2D eigenvalue weighted by molar-refractivity contribution is 0.0977. The summed E-state index contributed by atoms with van der Waals surface area (Å²) in [6.07, 6.45) is 4.42.